The van der Waals surface area contributed by atoms with Crippen LogP contribution in [-0.2, 0) is 108 Å². The van der Waals surface area contributed by atoms with Gasteiger partial charge >= 0.3 is 18.1 Å². The first-order chi connectivity index (χ1) is 47.5. The van der Waals surface area contributed by atoms with Crippen molar-refractivity contribution in [2.45, 2.75) is 123 Å². The number of nitrogens with zero attached hydrogens (tertiary/aromatic N) is 3. The lowest BCUT2D eigenvalue weighted by Gasteiger charge is -2.31. The lowest BCUT2D eigenvalue weighted by molar-refractivity contribution is -0.172. The Bertz CT molecular complexity index is 3770. The van der Waals surface area contributed by atoms with E-state index in [0.29, 0.717) is 82.7 Å². The van der Waals surface area contributed by atoms with Crippen molar-refractivity contribution < 1.29 is 95.4 Å². The van der Waals surface area contributed by atoms with Gasteiger partial charge in [0.05, 0.1) is 107 Å². The zero-order chi connectivity index (χ0) is 71.3. The molecule has 1 aliphatic carbocycles. The molecule has 0 saturated heterocycles. The van der Waals surface area contributed by atoms with E-state index in [1.807, 2.05) is 0 Å². The second-order valence-corrected chi connectivity index (χ2v) is 24.5. The number of esters is 1. The summed E-state index contributed by atoms with van der Waals surface area (Å²) in [5.74, 6) is -5.96. The van der Waals surface area contributed by atoms with E-state index in [1.54, 1.807) is 58.0 Å². The Labute approximate surface area is 569 Å². The zero-order valence-corrected chi connectivity index (χ0v) is 55.8. The molecule has 4 aliphatic rings. The van der Waals surface area contributed by atoms with E-state index in [-0.39, 0.29) is 153 Å². The number of alkyl carbamates (subject to hydrolysis) is 1. The SMILES string of the molecule is CC[C@@]1(O)C(=O)OCc2c1cc1n(c2=O)Cc2c-1nc1cc(F)c(C)c3c1c2[C@@H](NC(=O)COCCC(=O)CNC(=O)OCc1ccc(NC(=O)[C@H](CCCNC(N)=O)CC(=O)[C@@H](NC(=O)CCOCCOCCOCCOCCNC(=O)CCN2C(=O)C=CC2=O)C(C)C)cc1)CC3. The van der Waals surface area contributed by atoms with E-state index in [1.165, 1.54) is 10.6 Å². The number of ether oxygens (including phenoxy) is 7. The summed E-state index contributed by atoms with van der Waals surface area (Å²) in [6.07, 6.45) is 2.21. The number of halogens is 1. The topological polar surface area (TPSA) is 409 Å². The summed E-state index contributed by atoms with van der Waals surface area (Å²) >= 11 is 0. The predicted octanol–water partition coefficient (Wildman–Crippen LogP) is 2.52. The second-order valence-electron chi connectivity index (χ2n) is 24.5. The van der Waals surface area contributed by atoms with E-state index in [0.717, 1.165) is 22.6 Å². The largest absolute Gasteiger partial charge is 0.458 e. The number of hydrogen-bond acceptors (Lipinski definition) is 21. The van der Waals surface area contributed by atoms with Crippen LogP contribution in [0.5, 0.6) is 0 Å². The molecule has 0 radical (unpaired) electrons. The molecule has 8 rings (SSSR count). The number of rotatable bonds is 40. The van der Waals surface area contributed by atoms with Crippen LogP contribution in [0.15, 0.2) is 53.3 Å². The highest BCUT2D eigenvalue weighted by atomic mass is 19.1. The minimum atomic E-state index is -2.05. The van der Waals surface area contributed by atoms with Crippen molar-refractivity contribution in [3.8, 4) is 11.4 Å². The highest BCUT2D eigenvalue weighted by Crippen LogP contribution is 2.46. The summed E-state index contributed by atoms with van der Waals surface area (Å²) in [4.78, 5) is 158. The van der Waals surface area contributed by atoms with Crippen LogP contribution in [0.25, 0.3) is 22.3 Å². The normalized spacial score (nSPS) is 16.3. The Hall–Kier alpha value is -9.40. The first-order valence-corrected chi connectivity index (χ1v) is 32.9. The fourth-order valence-corrected chi connectivity index (χ4v) is 11.9. The molecule has 4 atom stereocenters. The number of urea groups is 1. The molecule has 534 valence electrons. The number of benzene rings is 2. The van der Waals surface area contributed by atoms with E-state index >= 15 is 4.39 Å². The Morgan fingerprint density at radius 1 is 0.798 bits per heavy atom. The van der Waals surface area contributed by atoms with Crippen molar-refractivity contribution in [3.05, 3.63) is 104 Å². The number of aliphatic hydroxyl groups is 1. The molecule has 31 heteroatoms. The summed E-state index contributed by atoms with van der Waals surface area (Å²) in [6.45, 7) is 7.65. The average Bonchev–Trinajstić information content (AvgIpc) is 1.62. The number of amides is 9. The maximum atomic E-state index is 15.4. The van der Waals surface area contributed by atoms with Gasteiger partial charge in [-0.2, -0.15) is 0 Å². The molecule has 9 N–H and O–H groups in total. The highest BCUT2D eigenvalue weighted by molar-refractivity contribution is 6.13. The molecule has 0 spiro atoms. The minimum absolute atomic E-state index is 0.00223. The number of cyclic esters (lactones) is 1. The van der Waals surface area contributed by atoms with Gasteiger partial charge in [0.15, 0.2) is 17.2 Å². The monoisotopic (exact) mass is 1380 g/mol. The van der Waals surface area contributed by atoms with Gasteiger partial charge in [0.25, 0.3) is 17.4 Å². The number of nitrogens with one attached hydrogen (secondary N) is 6. The number of anilines is 1. The Kier molecular flexibility index (Phi) is 27.3. The molecule has 0 bridgehead atoms. The molecular formula is C68H85FN10O20. The molecule has 0 fully saturated rings. The Balaban J connectivity index is 0.700. The molecule has 4 aromatic rings. The van der Waals surface area contributed by atoms with Gasteiger partial charge in [-0.25, -0.2) is 23.8 Å². The number of Topliss-reactive ketones (excluding diaryl/α,β-unsaturated/α-hetero) is 2. The Morgan fingerprint density at radius 3 is 2.15 bits per heavy atom. The molecule has 3 aliphatic heterocycles. The third-order valence-electron chi connectivity index (χ3n) is 17.3. The first-order valence-electron chi connectivity index (χ1n) is 32.9. The maximum absolute atomic E-state index is 15.4. The number of hydrogen-bond donors (Lipinski definition) is 8. The number of fused-ring (bicyclic) bond motifs is 5. The molecule has 2 aromatic carbocycles. The molecular weight excluding hydrogens is 1300 g/mol. The van der Waals surface area contributed by atoms with Crippen LogP contribution in [0.2, 0.25) is 0 Å². The molecule has 0 saturated carbocycles. The summed E-state index contributed by atoms with van der Waals surface area (Å²) in [5, 5.41) is 28.2. The van der Waals surface area contributed by atoms with Crippen molar-refractivity contribution >= 4 is 81.7 Å². The second kappa shape index (κ2) is 35.9. The average molecular weight is 1380 g/mol. The number of carbonyl (C=O) groups is 11. The van der Waals surface area contributed by atoms with Gasteiger partial charge in [-0.05, 0) is 85.4 Å². The smallest absolute Gasteiger partial charge is 0.407 e. The standard InChI is InChI=1S/C68H85FN10O20/c1-5-68(92)48-32-52-62-46(35-79(52)64(88)47(48)37-98-65(68)89)60-50(13-12-45-40(4)49(69)33-51(76-62)59(45)60)75-56(84)38-97-22-17-44(80)34-73-67(91)99-36-41-8-10-43(11-9-41)74-63(87)42(7-6-19-72-66(70)90)31-53(81)61(39(2)3)77-55(83)18-23-93-25-27-95-29-30-96-28-26-94-24-20-71-54(82)16-21-78-57(85)14-15-58(78)86/h8-11,14-15,32-33,39,42,50,61,92H,5-7,12-13,16-31,34-38H2,1-4H3,(H,71,82)(H,73,91)(H,74,87)(H,75,84)(H,77,83)(H3,70,72,90)/t42-,50+,61+,68+/m1/s1. The zero-order valence-electron chi connectivity index (χ0n) is 55.8. The molecule has 9 amide bonds. The fourth-order valence-electron chi connectivity index (χ4n) is 11.9. The number of aryl methyl sites for hydroxylation is 1. The highest BCUT2D eigenvalue weighted by Gasteiger charge is 2.46. The van der Waals surface area contributed by atoms with E-state index in [2.05, 4.69) is 31.9 Å². The lowest BCUT2D eigenvalue weighted by atomic mass is 9.81. The van der Waals surface area contributed by atoms with E-state index < -0.39 is 102 Å². The van der Waals surface area contributed by atoms with Crippen LogP contribution in [0.3, 0.4) is 0 Å². The summed E-state index contributed by atoms with van der Waals surface area (Å²) in [5.41, 5.74) is 7.35. The van der Waals surface area contributed by atoms with Crippen molar-refractivity contribution in [2.75, 3.05) is 97.6 Å². The summed E-state index contributed by atoms with van der Waals surface area (Å²) in [7, 11) is 0. The molecule has 0 unspecified atom stereocenters. The number of pyridine rings is 2. The maximum Gasteiger partial charge on any atom is 0.407 e. The van der Waals surface area contributed by atoms with Crippen LogP contribution in [0.1, 0.15) is 117 Å². The number of carbonyl (C=O) groups excluding carboxylic acids is 11. The van der Waals surface area contributed by atoms with E-state index in [9.17, 15) is 62.6 Å². The van der Waals surface area contributed by atoms with Crippen molar-refractivity contribution in [1.82, 2.24) is 41.0 Å². The van der Waals surface area contributed by atoms with Crippen LogP contribution >= 0.6 is 0 Å². The third kappa shape index (κ3) is 20.1. The summed E-state index contributed by atoms with van der Waals surface area (Å²) in [6, 6.07) is 6.95. The van der Waals surface area contributed by atoms with Gasteiger partial charge in [0.2, 0.25) is 23.6 Å². The van der Waals surface area contributed by atoms with Crippen LogP contribution in [0.4, 0.5) is 19.7 Å². The van der Waals surface area contributed by atoms with Crippen molar-refractivity contribution in [3.63, 3.8) is 0 Å². The van der Waals surface area contributed by atoms with Gasteiger partial charge in [0, 0.05) is 91.7 Å². The van der Waals surface area contributed by atoms with Crippen molar-refractivity contribution in [2.24, 2.45) is 17.6 Å². The molecule has 2 aromatic heterocycles. The number of imide groups is 1. The first kappa shape index (κ1) is 75.4. The van der Waals surface area contributed by atoms with Crippen LogP contribution in [0, 0.1) is 24.6 Å². The quantitative estimate of drug-likeness (QED) is 0.0159. The van der Waals surface area contributed by atoms with Gasteiger partial charge in [-0.3, -0.25) is 48.1 Å². The molecule has 5 heterocycles. The number of nitrogens with two attached hydrogens (primary N) is 1. The van der Waals surface area contributed by atoms with Gasteiger partial charge in [0.1, 0.15) is 25.6 Å². The Morgan fingerprint density at radius 2 is 1.47 bits per heavy atom. The third-order valence-corrected chi connectivity index (χ3v) is 17.3. The number of primary amides is 1. The number of aromatic nitrogens is 2. The van der Waals surface area contributed by atoms with Crippen LogP contribution < -0.4 is 43.2 Å². The predicted molar refractivity (Wildman–Crippen MR) is 350 cm³/mol. The van der Waals surface area contributed by atoms with Crippen molar-refractivity contribution in [1.29, 1.82) is 0 Å². The fraction of sp³-hybridized carbons (Fsp3) is 0.515. The number of ketones is 2. The van der Waals surface area contributed by atoms with Crippen LogP contribution in [-0.4, -0.2) is 183 Å². The van der Waals surface area contributed by atoms with Gasteiger partial charge < -0.3 is 80.5 Å². The van der Waals surface area contributed by atoms with E-state index in [4.69, 9.17) is 43.9 Å². The van der Waals surface area contributed by atoms with Gasteiger partial charge in [-0.15, -0.1) is 0 Å². The van der Waals surface area contributed by atoms with Gasteiger partial charge in [-0.1, -0.05) is 32.9 Å². The minimum Gasteiger partial charge on any atom is -0.458 e. The lowest BCUT2D eigenvalue weighted by Crippen LogP contribution is -2.45. The molecule has 99 heavy (non-hydrogen) atoms. The molecule has 30 nitrogen and oxygen atoms in total. The summed E-state index contributed by atoms with van der Waals surface area (Å²) < 4.78 is 54.9.